The third kappa shape index (κ3) is 5.19. The SMILES string of the molecule is CC(C(=O)N1CCCC(CNC(=O)C2CCCN2)C1)c1ccsc1.Cl. The molecular weight excluding hydrogens is 358 g/mol. The van der Waals surface area contributed by atoms with Crippen molar-refractivity contribution in [3.8, 4) is 0 Å². The Bertz CT molecular complexity index is 561. The lowest BCUT2D eigenvalue weighted by Crippen LogP contribution is -2.47. The van der Waals surface area contributed by atoms with Crippen molar-refractivity contribution in [1.82, 2.24) is 15.5 Å². The van der Waals surface area contributed by atoms with E-state index in [0.29, 0.717) is 12.5 Å². The fourth-order valence-electron chi connectivity index (χ4n) is 3.65. The number of rotatable bonds is 5. The molecule has 0 saturated carbocycles. The Labute approximate surface area is 160 Å². The first-order valence-electron chi connectivity index (χ1n) is 8.97. The molecule has 3 rings (SSSR count). The molecule has 2 fully saturated rings. The van der Waals surface area contributed by atoms with Crippen molar-refractivity contribution in [2.24, 2.45) is 5.92 Å². The van der Waals surface area contributed by atoms with Gasteiger partial charge in [0.25, 0.3) is 0 Å². The highest BCUT2D eigenvalue weighted by atomic mass is 35.5. The average molecular weight is 386 g/mol. The molecule has 140 valence electrons. The molecule has 2 aliphatic rings. The summed E-state index contributed by atoms with van der Waals surface area (Å²) in [6.45, 7) is 5.19. The molecule has 3 heterocycles. The molecule has 7 heteroatoms. The number of halogens is 1. The highest BCUT2D eigenvalue weighted by Gasteiger charge is 2.28. The van der Waals surface area contributed by atoms with Crippen LogP contribution in [0.2, 0.25) is 0 Å². The fourth-order valence-corrected chi connectivity index (χ4v) is 4.40. The van der Waals surface area contributed by atoms with Crippen LogP contribution in [0.3, 0.4) is 0 Å². The van der Waals surface area contributed by atoms with Gasteiger partial charge in [-0.2, -0.15) is 11.3 Å². The van der Waals surface area contributed by atoms with E-state index in [-0.39, 0.29) is 36.2 Å². The molecule has 0 aromatic carbocycles. The molecule has 0 spiro atoms. The summed E-state index contributed by atoms with van der Waals surface area (Å²) in [6.07, 6.45) is 4.10. The minimum absolute atomic E-state index is 0. The zero-order chi connectivity index (χ0) is 16.9. The van der Waals surface area contributed by atoms with E-state index in [0.717, 1.165) is 50.9 Å². The predicted molar refractivity (Wildman–Crippen MR) is 103 cm³/mol. The van der Waals surface area contributed by atoms with Gasteiger partial charge >= 0.3 is 0 Å². The fraction of sp³-hybridized carbons (Fsp3) is 0.667. The first kappa shape index (κ1) is 20.2. The largest absolute Gasteiger partial charge is 0.354 e. The molecule has 2 aliphatic heterocycles. The molecule has 2 amide bonds. The van der Waals surface area contributed by atoms with Gasteiger partial charge in [-0.05, 0) is 67.5 Å². The second kappa shape index (κ2) is 9.55. The Morgan fingerprint density at radius 3 is 2.92 bits per heavy atom. The Kier molecular flexibility index (Phi) is 7.72. The topological polar surface area (TPSA) is 61.4 Å². The van der Waals surface area contributed by atoms with Gasteiger partial charge in [0.15, 0.2) is 0 Å². The van der Waals surface area contributed by atoms with Gasteiger partial charge in [0.05, 0.1) is 12.0 Å². The number of likely N-dealkylation sites (tertiary alicyclic amines) is 1. The van der Waals surface area contributed by atoms with Crippen molar-refractivity contribution in [2.45, 2.75) is 44.6 Å². The van der Waals surface area contributed by atoms with E-state index in [1.807, 2.05) is 23.3 Å². The molecule has 5 nitrogen and oxygen atoms in total. The average Bonchev–Trinajstić information content (AvgIpc) is 3.32. The summed E-state index contributed by atoms with van der Waals surface area (Å²) >= 11 is 1.63. The summed E-state index contributed by atoms with van der Waals surface area (Å²) in [6, 6.07) is 2.01. The second-order valence-corrected chi connectivity index (χ2v) is 7.75. The lowest BCUT2D eigenvalue weighted by atomic mass is 9.95. The smallest absolute Gasteiger partial charge is 0.237 e. The van der Waals surface area contributed by atoms with Gasteiger partial charge in [0, 0.05) is 19.6 Å². The minimum atomic E-state index is -0.0766. The molecule has 3 unspecified atom stereocenters. The van der Waals surface area contributed by atoms with Crippen LogP contribution in [0.4, 0.5) is 0 Å². The third-order valence-corrected chi connectivity index (χ3v) is 5.89. The molecule has 2 N–H and O–H groups in total. The second-order valence-electron chi connectivity index (χ2n) is 6.96. The number of nitrogens with zero attached hydrogens (tertiary/aromatic N) is 1. The quantitative estimate of drug-likeness (QED) is 0.818. The van der Waals surface area contributed by atoms with E-state index in [1.165, 1.54) is 0 Å². The zero-order valence-corrected chi connectivity index (χ0v) is 16.3. The molecule has 0 bridgehead atoms. The summed E-state index contributed by atoms with van der Waals surface area (Å²) in [5, 5.41) is 10.4. The number of carbonyl (C=O) groups excluding carboxylic acids is 2. The molecular formula is C18H28ClN3O2S. The normalized spacial score (nSPS) is 24.4. The van der Waals surface area contributed by atoms with Crippen molar-refractivity contribution in [1.29, 1.82) is 0 Å². The van der Waals surface area contributed by atoms with Crippen LogP contribution in [0.5, 0.6) is 0 Å². The van der Waals surface area contributed by atoms with E-state index >= 15 is 0 Å². The number of hydrogen-bond donors (Lipinski definition) is 2. The molecule has 3 atom stereocenters. The van der Waals surface area contributed by atoms with Crippen LogP contribution in [0.15, 0.2) is 16.8 Å². The standard InChI is InChI=1S/C18H27N3O2S.ClH/c1-13(15-6-9-24-12-15)18(23)21-8-3-4-14(11-21)10-20-17(22)16-5-2-7-19-16;/h6,9,12-14,16,19H,2-5,7-8,10-11H2,1H3,(H,20,22);1H. The Balaban J connectivity index is 0.00000225. The number of amides is 2. The van der Waals surface area contributed by atoms with E-state index < -0.39 is 0 Å². The van der Waals surface area contributed by atoms with Gasteiger partial charge < -0.3 is 15.5 Å². The van der Waals surface area contributed by atoms with Crippen molar-refractivity contribution < 1.29 is 9.59 Å². The molecule has 1 aromatic rings. The van der Waals surface area contributed by atoms with Gasteiger partial charge in [-0.1, -0.05) is 0 Å². The van der Waals surface area contributed by atoms with E-state index in [9.17, 15) is 9.59 Å². The van der Waals surface area contributed by atoms with Crippen molar-refractivity contribution >= 4 is 35.6 Å². The van der Waals surface area contributed by atoms with E-state index in [1.54, 1.807) is 11.3 Å². The number of hydrogen-bond acceptors (Lipinski definition) is 4. The number of thiophene rings is 1. The summed E-state index contributed by atoms with van der Waals surface area (Å²) in [4.78, 5) is 26.8. The molecule has 0 radical (unpaired) electrons. The van der Waals surface area contributed by atoms with Gasteiger partial charge in [-0.15, -0.1) is 12.4 Å². The Hall–Kier alpha value is -1.11. The first-order chi connectivity index (χ1) is 11.6. The highest BCUT2D eigenvalue weighted by molar-refractivity contribution is 7.08. The van der Waals surface area contributed by atoms with E-state index in [4.69, 9.17) is 0 Å². The van der Waals surface area contributed by atoms with E-state index in [2.05, 4.69) is 16.0 Å². The number of piperidine rings is 1. The van der Waals surface area contributed by atoms with Crippen LogP contribution < -0.4 is 10.6 Å². The summed E-state index contributed by atoms with van der Waals surface area (Å²) in [5.41, 5.74) is 1.10. The minimum Gasteiger partial charge on any atom is -0.354 e. The molecule has 1 aromatic heterocycles. The number of carbonyl (C=O) groups is 2. The van der Waals surface area contributed by atoms with Gasteiger partial charge in [-0.3, -0.25) is 9.59 Å². The maximum Gasteiger partial charge on any atom is 0.237 e. The summed E-state index contributed by atoms with van der Waals surface area (Å²) in [5.74, 6) is 0.611. The van der Waals surface area contributed by atoms with Crippen LogP contribution in [-0.4, -0.2) is 48.9 Å². The Morgan fingerprint density at radius 1 is 1.40 bits per heavy atom. The maximum absolute atomic E-state index is 12.7. The van der Waals surface area contributed by atoms with Crippen molar-refractivity contribution in [3.63, 3.8) is 0 Å². The van der Waals surface area contributed by atoms with Crippen molar-refractivity contribution in [3.05, 3.63) is 22.4 Å². The number of nitrogens with one attached hydrogen (secondary N) is 2. The van der Waals surface area contributed by atoms with Gasteiger partial charge in [0.1, 0.15) is 0 Å². The first-order valence-corrected chi connectivity index (χ1v) is 9.91. The van der Waals surface area contributed by atoms with Crippen LogP contribution in [0.25, 0.3) is 0 Å². The van der Waals surface area contributed by atoms with Crippen molar-refractivity contribution in [2.75, 3.05) is 26.2 Å². The lowest BCUT2D eigenvalue weighted by molar-refractivity contribution is -0.134. The van der Waals surface area contributed by atoms with Gasteiger partial charge in [-0.25, -0.2) is 0 Å². The molecule has 0 aliphatic carbocycles. The lowest BCUT2D eigenvalue weighted by Gasteiger charge is -2.34. The van der Waals surface area contributed by atoms with Crippen LogP contribution in [-0.2, 0) is 9.59 Å². The van der Waals surface area contributed by atoms with Crippen LogP contribution >= 0.6 is 23.7 Å². The molecule has 25 heavy (non-hydrogen) atoms. The Morgan fingerprint density at radius 2 is 2.24 bits per heavy atom. The summed E-state index contributed by atoms with van der Waals surface area (Å²) < 4.78 is 0. The zero-order valence-electron chi connectivity index (χ0n) is 14.7. The van der Waals surface area contributed by atoms with Crippen LogP contribution in [0.1, 0.15) is 44.1 Å². The highest BCUT2D eigenvalue weighted by Crippen LogP contribution is 2.24. The maximum atomic E-state index is 12.7. The molecule has 2 saturated heterocycles. The predicted octanol–water partition coefficient (Wildman–Crippen LogP) is 2.38. The van der Waals surface area contributed by atoms with Crippen LogP contribution in [0, 0.1) is 5.92 Å². The monoisotopic (exact) mass is 385 g/mol. The third-order valence-electron chi connectivity index (χ3n) is 5.19. The summed E-state index contributed by atoms with van der Waals surface area (Å²) in [7, 11) is 0. The van der Waals surface area contributed by atoms with Gasteiger partial charge in [0.2, 0.25) is 11.8 Å².